The minimum atomic E-state index is -0.205. The first-order valence-electron chi connectivity index (χ1n) is 6.87. The molecular formula is C13H27N3O. The average molecular weight is 241 g/mol. The summed E-state index contributed by atoms with van der Waals surface area (Å²) in [4.78, 5) is 13.4. The van der Waals surface area contributed by atoms with Crippen LogP contribution in [0.1, 0.15) is 45.4 Å². The van der Waals surface area contributed by atoms with Crippen molar-refractivity contribution in [1.82, 2.24) is 10.2 Å². The third-order valence-corrected chi connectivity index (χ3v) is 3.59. The molecule has 1 saturated heterocycles. The van der Waals surface area contributed by atoms with Crippen LogP contribution in [0.4, 0.5) is 0 Å². The SMILES string of the molecule is CCCCCN(C)CCC1CCC(C(N)=O)N1. The molecule has 0 aromatic carbocycles. The lowest BCUT2D eigenvalue weighted by Gasteiger charge is -2.19. The molecule has 0 bridgehead atoms. The molecule has 1 heterocycles. The van der Waals surface area contributed by atoms with E-state index in [9.17, 15) is 4.79 Å². The summed E-state index contributed by atoms with van der Waals surface area (Å²) in [6.45, 7) is 4.51. The molecule has 0 aliphatic carbocycles. The fourth-order valence-corrected chi connectivity index (χ4v) is 2.39. The third kappa shape index (κ3) is 5.50. The zero-order valence-corrected chi connectivity index (χ0v) is 11.2. The Bertz CT molecular complexity index is 233. The van der Waals surface area contributed by atoms with Crippen LogP contribution >= 0.6 is 0 Å². The van der Waals surface area contributed by atoms with Gasteiger partial charge in [-0.2, -0.15) is 0 Å². The minimum absolute atomic E-state index is 0.0922. The number of nitrogens with two attached hydrogens (primary N) is 1. The van der Waals surface area contributed by atoms with Crippen LogP contribution in [0.25, 0.3) is 0 Å². The van der Waals surface area contributed by atoms with Crippen molar-refractivity contribution in [3.63, 3.8) is 0 Å². The molecule has 4 heteroatoms. The highest BCUT2D eigenvalue weighted by Gasteiger charge is 2.26. The van der Waals surface area contributed by atoms with Gasteiger partial charge in [0, 0.05) is 6.04 Å². The molecule has 1 aliphatic heterocycles. The van der Waals surface area contributed by atoms with E-state index in [1.165, 1.54) is 25.8 Å². The molecule has 2 atom stereocenters. The van der Waals surface area contributed by atoms with Crippen LogP contribution in [0.2, 0.25) is 0 Å². The van der Waals surface area contributed by atoms with Crippen molar-refractivity contribution in [2.75, 3.05) is 20.1 Å². The molecule has 1 aliphatic rings. The van der Waals surface area contributed by atoms with Crippen LogP contribution in [0.15, 0.2) is 0 Å². The highest BCUT2D eigenvalue weighted by molar-refractivity contribution is 5.80. The minimum Gasteiger partial charge on any atom is -0.368 e. The smallest absolute Gasteiger partial charge is 0.234 e. The van der Waals surface area contributed by atoms with E-state index < -0.39 is 0 Å². The van der Waals surface area contributed by atoms with Gasteiger partial charge in [0.2, 0.25) is 5.91 Å². The Morgan fingerprint density at radius 1 is 1.35 bits per heavy atom. The largest absolute Gasteiger partial charge is 0.368 e. The Hall–Kier alpha value is -0.610. The van der Waals surface area contributed by atoms with E-state index in [-0.39, 0.29) is 11.9 Å². The van der Waals surface area contributed by atoms with E-state index in [1.807, 2.05) is 0 Å². The van der Waals surface area contributed by atoms with Gasteiger partial charge in [-0.3, -0.25) is 4.79 Å². The Morgan fingerprint density at radius 3 is 2.71 bits per heavy atom. The van der Waals surface area contributed by atoms with Crippen LogP contribution in [0.5, 0.6) is 0 Å². The fourth-order valence-electron chi connectivity index (χ4n) is 2.39. The van der Waals surface area contributed by atoms with Gasteiger partial charge in [-0.25, -0.2) is 0 Å². The second-order valence-corrected chi connectivity index (χ2v) is 5.19. The quantitative estimate of drug-likeness (QED) is 0.626. The van der Waals surface area contributed by atoms with Gasteiger partial charge in [0.15, 0.2) is 0 Å². The molecule has 0 spiro atoms. The molecule has 0 radical (unpaired) electrons. The fraction of sp³-hybridized carbons (Fsp3) is 0.923. The zero-order valence-electron chi connectivity index (χ0n) is 11.2. The number of unbranched alkanes of at least 4 members (excludes halogenated alkanes) is 2. The van der Waals surface area contributed by atoms with Crippen LogP contribution in [-0.2, 0) is 4.79 Å². The van der Waals surface area contributed by atoms with E-state index in [1.54, 1.807) is 0 Å². The van der Waals surface area contributed by atoms with E-state index in [4.69, 9.17) is 5.73 Å². The van der Waals surface area contributed by atoms with Crippen molar-refractivity contribution in [2.45, 2.75) is 57.5 Å². The van der Waals surface area contributed by atoms with Gasteiger partial charge < -0.3 is 16.0 Å². The summed E-state index contributed by atoms with van der Waals surface area (Å²) < 4.78 is 0. The van der Waals surface area contributed by atoms with E-state index in [2.05, 4.69) is 24.2 Å². The van der Waals surface area contributed by atoms with Crippen LogP contribution in [0.3, 0.4) is 0 Å². The van der Waals surface area contributed by atoms with Crippen molar-refractivity contribution < 1.29 is 4.79 Å². The van der Waals surface area contributed by atoms with Gasteiger partial charge in [-0.05, 0) is 45.8 Å². The molecule has 1 rings (SSSR count). The second kappa shape index (κ2) is 7.67. The van der Waals surface area contributed by atoms with Crippen LogP contribution in [0, 0.1) is 0 Å². The molecule has 2 unspecified atom stereocenters. The number of carbonyl (C=O) groups is 1. The van der Waals surface area contributed by atoms with Crippen LogP contribution in [-0.4, -0.2) is 43.0 Å². The summed E-state index contributed by atoms with van der Waals surface area (Å²) in [6, 6.07) is 0.381. The monoisotopic (exact) mass is 241 g/mol. The Balaban J connectivity index is 2.08. The number of hydrogen-bond acceptors (Lipinski definition) is 3. The lowest BCUT2D eigenvalue weighted by Crippen LogP contribution is -2.40. The summed E-state index contributed by atoms with van der Waals surface area (Å²) >= 11 is 0. The molecule has 17 heavy (non-hydrogen) atoms. The van der Waals surface area contributed by atoms with Gasteiger partial charge in [-0.1, -0.05) is 19.8 Å². The first-order valence-corrected chi connectivity index (χ1v) is 6.87. The van der Waals surface area contributed by atoms with Gasteiger partial charge in [0.05, 0.1) is 6.04 Å². The maximum absolute atomic E-state index is 11.0. The molecule has 0 aromatic heterocycles. The lowest BCUT2D eigenvalue weighted by atomic mass is 10.1. The predicted octanol–water partition coefficient (Wildman–Crippen LogP) is 1.10. The van der Waals surface area contributed by atoms with Crippen molar-refractivity contribution >= 4 is 5.91 Å². The van der Waals surface area contributed by atoms with Crippen molar-refractivity contribution in [3.05, 3.63) is 0 Å². The zero-order chi connectivity index (χ0) is 12.7. The summed E-state index contributed by atoms with van der Waals surface area (Å²) in [5.41, 5.74) is 5.29. The number of rotatable bonds is 8. The first-order chi connectivity index (χ1) is 8.13. The maximum Gasteiger partial charge on any atom is 0.234 e. The lowest BCUT2D eigenvalue weighted by molar-refractivity contribution is -0.119. The Labute approximate surface area is 105 Å². The summed E-state index contributed by atoms with van der Waals surface area (Å²) in [5, 5.41) is 3.31. The van der Waals surface area contributed by atoms with Crippen LogP contribution < -0.4 is 11.1 Å². The van der Waals surface area contributed by atoms with E-state index >= 15 is 0 Å². The molecular weight excluding hydrogens is 214 g/mol. The van der Waals surface area contributed by atoms with E-state index in [0.29, 0.717) is 6.04 Å². The summed E-state index contributed by atoms with van der Waals surface area (Å²) in [7, 11) is 2.18. The molecule has 100 valence electrons. The number of nitrogens with zero attached hydrogens (tertiary/aromatic N) is 1. The summed E-state index contributed by atoms with van der Waals surface area (Å²) in [5.74, 6) is -0.205. The van der Waals surface area contributed by atoms with Gasteiger partial charge in [0.1, 0.15) is 0 Å². The second-order valence-electron chi connectivity index (χ2n) is 5.19. The van der Waals surface area contributed by atoms with Gasteiger partial charge >= 0.3 is 0 Å². The highest BCUT2D eigenvalue weighted by atomic mass is 16.1. The standard InChI is InChI=1S/C13H27N3O/c1-3-4-5-9-16(2)10-8-11-6-7-12(15-11)13(14)17/h11-12,15H,3-10H2,1-2H3,(H2,14,17). The summed E-state index contributed by atoms with van der Waals surface area (Å²) in [6.07, 6.45) is 6.98. The number of amides is 1. The molecule has 0 aromatic rings. The average Bonchev–Trinajstić information content (AvgIpc) is 2.75. The molecule has 1 fully saturated rings. The number of hydrogen-bond donors (Lipinski definition) is 2. The predicted molar refractivity (Wildman–Crippen MR) is 70.8 cm³/mol. The molecule has 1 amide bonds. The first kappa shape index (κ1) is 14.5. The van der Waals surface area contributed by atoms with Crippen molar-refractivity contribution in [3.8, 4) is 0 Å². The number of nitrogens with one attached hydrogen (secondary N) is 1. The third-order valence-electron chi connectivity index (χ3n) is 3.59. The Kier molecular flexibility index (Phi) is 6.52. The van der Waals surface area contributed by atoms with E-state index in [0.717, 1.165) is 25.8 Å². The number of primary amides is 1. The Morgan fingerprint density at radius 2 is 2.12 bits per heavy atom. The molecule has 4 nitrogen and oxygen atoms in total. The number of carbonyl (C=O) groups excluding carboxylic acids is 1. The van der Waals surface area contributed by atoms with Gasteiger partial charge in [-0.15, -0.1) is 0 Å². The maximum atomic E-state index is 11.0. The molecule has 3 N–H and O–H groups in total. The molecule has 0 saturated carbocycles. The van der Waals surface area contributed by atoms with Crippen molar-refractivity contribution in [2.24, 2.45) is 5.73 Å². The van der Waals surface area contributed by atoms with Crippen molar-refractivity contribution in [1.29, 1.82) is 0 Å². The highest BCUT2D eigenvalue weighted by Crippen LogP contribution is 2.15. The normalized spacial score (nSPS) is 24.4. The topological polar surface area (TPSA) is 58.4 Å². The van der Waals surface area contributed by atoms with Gasteiger partial charge in [0.25, 0.3) is 0 Å².